The van der Waals surface area contributed by atoms with Gasteiger partial charge in [0.1, 0.15) is 0 Å². The predicted octanol–water partition coefficient (Wildman–Crippen LogP) is 2.37. The van der Waals surface area contributed by atoms with Crippen molar-refractivity contribution in [3.8, 4) is 0 Å². The van der Waals surface area contributed by atoms with E-state index < -0.39 is 5.97 Å². The van der Waals surface area contributed by atoms with Gasteiger partial charge in [0.05, 0.1) is 5.92 Å². The number of carbonyl (C=O) groups excluding carboxylic acids is 1. The number of amides is 2. The third kappa shape index (κ3) is 3.87. The number of hydrogen-bond donors (Lipinski definition) is 3. The van der Waals surface area contributed by atoms with Gasteiger partial charge >= 0.3 is 12.0 Å². The Kier molecular flexibility index (Phi) is 5.26. The van der Waals surface area contributed by atoms with Crippen LogP contribution in [0.15, 0.2) is 0 Å². The van der Waals surface area contributed by atoms with Gasteiger partial charge in [0.25, 0.3) is 0 Å². The number of rotatable bonds is 5. The number of nitrogens with one attached hydrogen (secondary N) is 2. The lowest BCUT2D eigenvalue weighted by molar-refractivity contribution is -0.144. The molecule has 0 aromatic carbocycles. The average Bonchev–Trinajstić information content (AvgIpc) is 2.34. The van der Waals surface area contributed by atoms with Crippen LogP contribution < -0.4 is 10.6 Å². The Labute approximate surface area is 120 Å². The molecule has 2 rings (SSSR count). The number of carbonyl (C=O) groups is 2. The molecule has 0 radical (unpaired) electrons. The third-order valence-corrected chi connectivity index (χ3v) is 4.97. The fourth-order valence-corrected chi connectivity index (χ4v) is 3.32. The van der Waals surface area contributed by atoms with E-state index in [-0.39, 0.29) is 23.9 Å². The molecule has 2 amide bonds. The molecule has 20 heavy (non-hydrogen) atoms. The molecule has 3 N–H and O–H groups in total. The molecule has 0 spiro atoms. The molecule has 2 saturated carbocycles. The lowest BCUT2D eigenvalue weighted by Crippen LogP contribution is -2.47. The van der Waals surface area contributed by atoms with Crippen LogP contribution in [-0.2, 0) is 4.79 Å². The van der Waals surface area contributed by atoms with E-state index in [4.69, 9.17) is 0 Å². The number of aliphatic carboxylic acids is 1. The quantitative estimate of drug-likeness (QED) is 0.724. The van der Waals surface area contributed by atoms with E-state index in [1.807, 2.05) is 6.92 Å². The van der Waals surface area contributed by atoms with Crippen LogP contribution in [-0.4, -0.2) is 29.7 Å². The van der Waals surface area contributed by atoms with Gasteiger partial charge in [0.15, 0.2) is 0 Å². The van der Waals surface area contributed by atoms with Gasteiger partial charge in [-0.3, -0.25) is 4.79 Å². The second kappa shape index (κ2) is 6.95. The van der Waals surface area contributed by atoms with Crippen LogP contribution in [0.5, 0.6) is 0 Å². The molecule has 0 saturated heterocycles. The number of carboxylic acid groups (broad SMARTS) is 1. The first-order chi connectivity index (χ1) is 9.58. The highest BCUT2D eigenvalue weighted by molar-refractivity contribution is 5.74. The van der Waals surface area contributed by atoms with Gasteiger partial charge in [0.2, 0.25) is 0 Å². The molecule has 0 heterocycles. The summed E-state index contributed by atoms with van der Waals surface area (Å²) < 4.78 is 0. The van der Waals surface area contributed by atoms with Crippen molar-refractivity contribution in [1.82, 2.24) is 10.6 Å². The average molecular weight is 282 g/mol. The van der Waals surface area contributed by atoms with E-state index >= 15 is 0 Å². The van der Waals surface area contributed by atoms with E-state index in [0.29, 0.717) is 12.5 Å². The largest absolute Gasteiger partial charge is 0.481 e. The smallest absolute Gasteiger partial charge is 0.315 e. The summed E-state index contributed by atoms with van der Waals surface area (Å²) in [5, 5.41) is 15.0. The summed E-state index contributed by atoms with van der Waals surface area (Å²) in [6, 6.07) is 0.0597. The maximum Gasteiger partial charge on any atom is 0.315 e. The molecular weight excluding hydrogens is 256 g/mol. The van der Waals surface area contributed by atoms with Gasteiger partial charge in [-0.05, 0) is 44.4 Å². The molecule has 0 bridgehead atoms. The molecule has 2 aliphatic carbocycles. The lowest BCUT2D eigenvalue weighted by Gasteiger charge is -2.32. The zero-order valence-corrected chi connectivity index (χ0v) is 12.2. The predicted molar refractivity (Wildman–Crippen MR) is 76.4 cm³/mol. The van der Waals surface area contributed by atoms with Gasteiger partial charge in [0, 0.05) is 12.6 Å². The molecule has 0 aliphatic heterocycles. The fraction of sp³-hybridized carbons (Fsp3) is 0.867. The minimum atomic E-state index is -0.722. The van der Waals surface area contributed by atoms with Crippen LogP contribution in [0.4, 0.5) is 4.79 Å². The second-order valence-corrected chi connectivity index (χ2v) is 6.32. The zero-order chi connectivity index (χ0) is 14.5. The van der Waals surface area contributed by atoms with Gasteiger partial charge in [-0.25, -0.2) is 4.79 Å². The molecular formula is C15H26N2O3. The highest BCUT2D eigenvalue weighted by Gasteiger charge is 2.31. The summed E-state index contributed by atoms with van der Waals surface area (Å²) in [4.78, 5) is 23.0. The highest BCUT2D eigenvalue weighted by Crippen LogP contribution is 2.30. The standard InChI is InChI=1S/C15H26N2O3/c1-10(11-6-4-7-11)17-15(20)16-9-12-5-2-3-8-13(12)14(18)19/h10-13H,2-9H2,1H3,(H,18,19)(H2,16,17,20). The van der Waals surface area contributed by atoms with Gasteiger partial charge in [-0.1, -0.05) is 19.3 Å². The Bertz CT molecular complexity index is 355. The Balaban J connectivity index is 1.72. The lowest BCUT2D eigenvalue weighted by atomic mass is 9.79. The summed E-state index contributed by atoms with van der Waals surface area (Å²) in [5.74, 6) is -0.332. The molecule has 2 fully saturated rings. The Morgan fingerprint density at radius 2 is 1.85 bits per heavy atom. The Morgan fingerprint density at radius 1 is 1.15 bits per heavy atom. The molecule has 2 aliphatic rings. The van der Waals surface area contributed by atoms with Crippen molar-refractivity contribution in [1.29, 1.82) is 0 Å². The maximum absolute atomic E-state index is 11.8. The minimum Gasteiger partial charge on any atom is -0.481 e. The fourth-order valence-electron chi connectivity index (χ4n) is 3.32. The molecule has 5 nitrogen and oxygen atoms in total. The number of hydrogen-bond acceptors (Lipinski definition) is 2. The Hall–Kier alpha value is -1.26. The van der Waals surface area contributed by atoms with E-state index in [1.54, 1.807) is 0 Å². The van der Waals surface area contributed by atoms with E-state index in [9.17, 15) is 14.7 Å². The number of urea groups is 1. The van der Waals surface area contributed by atoms with E-state index in [0.717, 1.165) is 25.7 Å². The zero-order valence-electron chi connectivity index (χ0n) is 12.2. The van der Waals surface area contributed by atoms with Crippen LogP contribution in [0.3, 0.4) is 0 Å². The van der Waals surface area contributed by atoms with Gasteiger partial charge in [-0.15, -0.1) is 0 Å². The van der Waals surface area contributed by atoms with Crippen molar-refractivity contribution in [2.24, 2.45) is 17.8 Å². The van der Waals surface area contributed by atoms with Crippen molar-refractivity contribution in [3.05, 3.63) is 0 Å². The molecule has 3 atom stereocenters. The van der Waals surface area contributed by atoms with Crippen molar-refractivity contribution in [2.45, 2.75) is 57.9 Å². The van der Waals surface area contributed by atoms with Crippen LogP contribution >= 0.6 is 0 Å². The molecule has 114 valence electrons. The van der Waals surface area contributed by atoms with Crippen molar-refractivity contribution >= 4 is 12.0 Å². The Morgan fingerprint density at radius 3 is 2.45 bits per heavy atom. The van der Waals surface area contributed by atoms with Crippen molar-refractivity contribution < 1.29 is 14.7 Å². The first-order valence-corrected chi connectivity index (χ1v) is 7.85. The minimum absolute atomic E-state index is 0.0750. The van der Waals surface area contributed by atoms with E-state index in [2.05, 4.69) is 10.6 Å². The molecule has 5 heteroatoms. The third-order valence-electron chi connectivity index (χ3n) is 4.97. The first-order valence-electron chi connectivity index (χ1n) is 7.85. The van der Waals surface area contributed by atoms with Crippen LogP contribution in [0, 0.1) is 17.8 Å². The molecule has 3 unspecified atom stereocenters. The summed E-state index contributed by atoms with van der Waals surface area (Å²) >= 11 is 0. The first kappa shape index (κ1) is 15.1. The SMILES string of the molecule is CC(NC(=O)NCC1CCCCC1C(=O)O)C1CCC1. The normalized spacial score (nSPS) is 28.2. The molecule has 0 aromatic rings. The van der Waals surface area contributed by atoms with Crippen molar-refractivity contribution in [2.75, 3.05) is 6.54 Å². The van der Waals surface area contributed by atoms with Gasteiger partial charge < -0.3 is 15.7 Å². The monoisotopic (exact) mass is 282 g/mol. The summed E-state index contributed by atoms with van der Waals surface area (Å²) in [6.07, 6.45) is 7.35. The van der Waals surface area contributed by atoms with Crippen LogP contribution in [0.2, 0.25) is 0 Å². The van der Waals surface area contributed by atoms with Crippen LogP contribution in [0.1, 0.15) is 51.9 Å². The summed E-state index contributed by atoms with van der Waals surface area (Å²) in [6.45, 7) is 2.52. The second-order valence-electron chi connectivity index (χ2n) is 6.32. The van der Waals surface area contributed by atoms with Crippen LogP contribution in [0.25, 0.3) is 0 Å². The molecule has 0 aromatic heterocycles. The summed E-state index contributed by atoms with van der Waals surface area (Å²) in [7, 11) is 0. The maximum atomic E-state index is 11.8. The van der Waals surface area contributed by atoms with Crippen molar-refractivity contribution in [3.63, 3.8) is 0 Å². The van der Waals surface area contributed by atoms with E-state index in [1.165, 1.54) is 19.3 Å². The topological polar surface area (TPSA) is 78.4 Å². The summed E-state index contributed by atoms with van der Waals surface area (Å²) in [5.41, 5.74) is 0. The highest BCUT2D eigenvalue weighted by atomic mass is 16.4. The van der Waals surface area contributed by atoms with Gasteiger partial charge in [-0.2, -0.15) is 0 Å². The number of carboxylic acids is 1.